The molecule has 4 heterocycles. The van der Waals surface area contributed by atoms with Gasteiger partial charge in [-0.3, -0.25) is 9.69 Å². The Morgan fingerprint density at radius 2 is 2.40 bits per heavy atom. The fraction of sp³-hybridized carbons (Fsp3) is 0.308. The first-order chi connectivity index (χ1) is 9.65. The molecule has 7 heteroatoms. The highest BCUT2D eigenvalue weighted by atomic mass is 32.2. The number of thioether (sulfide) groups is 1. The van der Waals surface area contributed by atoms with Crippen LogP contribution in [0.15, 0.2) is 22.9 Å². The molecule has 0 spiro atoms. The predicted molar refractivity (Wildman–Crippen MR) is 69.8 cm³/mol. The summed E-state index contributed by atoms with van der Waals surface area (Å²) in [6.07, 6.45) is 5.78. The maximum absolute atomic E-state index is 12.0. The fourth-order valence-electron chi connectivity index (χ4n) is 2.76. The lowest BCUT2D eigenvalue weighted by Gasteiger charge is -2.38. The fourth-order valence-corrected chi connectivity index (χ4v) is 3.88. The van der Waals surface area contributed by atoms with Crippen LogP contribution in [0.3, 0.4) is 0 Å². The number of hydrogen-bond acceptors (Lipinski definition) is 5. The van der Waals surface area contributed by atoms with Crippen molar-refractivity contribution >= 4 is 29.7 Å². The van der Waals surface area contributed by atoms with Gasteiger partial charge in [0.1, 0.15) is 11.2 Å². The largest absolute Gasteiger partial charge is 0.543 e. The number of carboxylic acids is 1. The quantitative estimate of drug-likeness (QED) is 0.552. The monoisotopic (exact) mass is 288 g/mol. The van der Waals surface area contributed by atoms with E-state index in [0.717, 1.165) is 30.9 Å². The molecule has 102 valence electrons. The Morgan fingerprint density at radius 3 is 3.15 bits per heavy atom. The van der Waals surface area contributed by atoms with Gasteiger partial charge >= 0.3 is 0 Å². The number of β-lactam (4-membered cyclic amide) rings is 1. The molecule has 0 radical (unpaired) electrons. The van der Waals surface area contributed by atoms with E-state index in [2.05, 4.69) is 9.55 Å². The van der Waals surface area contributed by atoms with E-state index in [1.54, 1.807) is 6.08 Å². The van der Waals surface area contributed by atoms with Gasteiger partial charge in [-0.25, -0.2) is 4.98 Å². The standard InChI is InChI=1S/C13H11N3O3S/c17-11-8(12-16(11)9(6-20-12)13(18)19)4-7-5-15-3-1-2-10(15)14-7/h4-6,12H,1-3H2,(H,18,19)/p-1/b8-4-. The zero-order valence-corrected chi connectivity index (χ0v) is 11.2. The van der Waals surface area contributed by atoms with E-state index < -0.39 is 5.97 Å². The first-order valence-electron chi connectivity index (χ1n) is 6.33. The van der Waals surface area contributed by atoms with Crippen molar-refractivity contribution < 1.29 is 14.7 Å². The SMILES string of the molecule is O=C([O-])C1=CSC2/C(=C\c3cn4c(n3)CCC4)C(=O)N12. The van der Waals surface area contributed by atoms with Gasteiger partial charge in [0.05, 0.1) is 22.9 Å². The van der Waals surface area contributed by atoms with Crippen LogP contribution in [0.2, 0.25) is 0 Å². The summed E-state index contributed by atoms with van der Waals surface area (Å²) in [6, 6.07) is 0. The summed E-state index contributed by atoms with van der Waals surface area (Å²) in [7, 11) is 0. The number of aromatic nitrogens is 2. The van der Waals surface area contributed by atoms with E-state index in [9.17, 15) is 14.7 Å². The third kappa shape index (κ3) is 1.49. The van der Waals surface area contributed by atoms with Crippen LogP contribution in [0.5, 0.6) is 0 Å². The van der Waals surface area contributed by atoms with E-state index in [0.29, 0.717) is 5.57 Å². The predicted octanol–water partition coefficient (Wildman–Crippen LogP) is -0.281. The van der Waals surface area contributed by atoms with Crippen molar-refractivity contribution in [1.29, 1.82) is 0 Å². The first kappa shape index (κ1) is 11.8. The normalized spacial score (nSPS) is 25.5. The highest BCUT2D eigenvalue weighted by Gasteiger charge is 2.47. The zero-order chi connectivity index (χ0) is 13.9. The van der Waals surface area contributed by atoms with Crippen molar-refractivity contribution in [3.8, 4) is 0 Å². The number of hydrogen-bond donors (Lipinski definition) is 0. The molecule has 0 N–H and O–H groups in total. The van der Waals surface area contributed by atoms with Crippen LogP contribution in [0.25, 0.3) is 6.08 Å². The van der Waals surface area contributed by atoms with E-state index in [-0.39, 0.29) is 17.0 Å². The van der Waals surface area contributed by atoms with Gasteiger partial charge in [0.15, 0.2) is 0 Å². The van der Waals surface area contributed by atoms with Crippen molar-refractivity contribution in [1.82, 2.24) is 14.5 Å². The highest BCUT2D eigenvalue weighted by Crippen LogP contribution is 2.44. The van der Waals surface area contributed by atoms with Gasteiger partial charge < -0.3 is 14.5 Å². The molecule has 1 fully saturated rings. The van der Waals surface area contributed by atoms with E-state index in [4.69, 9.17) is 0 Å². The molecule has 0 aromatic carbocycles. The number of carboxylic acid groups (broad SMARTS) is 1. The molecule has 3 aliphatic heterocycles. The first-order valence-corrected chi connectivity index (χ1v) is 7.27. The van der Waals surface area contributed by atoms with Crippen LogP contribution < -0.4 is 5.11 Å². The van der Waals surface area contributed by atoms with Crippen molar-refractivity contribution in [2.24, 2.45) is 0 Å². The van der Waals surface area contributed by atoms with Gasteiger partial charge in [0.2, 0.25) is 0 Å². The molecule has 0 saturated carbocycles. The van der Waals surface area contributed by atoms with Gasteiger partial charge in [-0.1, -0.05) is 0 Å². The molecule has 1 saturated heterocycles. The highest BCUT2D eigenvalue weighted by molar-refractivity contribution is 8.03. The minimum absolute atomic E-state index is 0.0468. The maximum atomic E-state index is 12.0. The van der Waals surface area contributed by atoms with Crippen LogP contribution in [-0.4, -0.2) is 31.7 Å². The van der Waals surface area contributed by atoms with E-state index >= 15 is 0 Å². The molecule has 1 atom stereocenters. The number of amides is 1. The summed E-state index contributed by atoms with van der Waals surface area (Å²) in [6.45, 7) is 0.972. The van der Waals surface area contributed by atoms with Crippen LogP contribution in [0.1, 0.15) is 17.9 Å². The molecule has 0 aliphatic carbocycles. The molecule has 1 aromatic heterocycles. The van der Waals surface area contributed by atoms with Crippen molar-refractivity contribution in [2.75, 3.05) is 0 Å². The summed E-state index contributed by atoms with van der Waals surface area (Å²) in [4.78, 5) is 28.6. The Morgan fingerprint density at radius 1 is 1.55 bits per heavy atom. The van der Waals surface area contributed by atoms with Gasteiger partial charge in [-0.2, -0.15) is 0 Å². The number of fused-ring (bicyclic) bond motifs is 2. The number of aryl methyl sites for hydroxylation is 2. The van der Waals surface area contributed by atoms with Gasteiger partial charge in [0.25, 0.3) is 5.91 Å². The molecular weight excluding hydrogens is 278 g/mol. The number of aliphatic carboxylic acids is 1. The van der Waals surface area contributed by atoms with Gasteiger partial charge in [-0.05, 0) is 17.9 Å². The Kier molecular flexibility index (Phi) is 2.35. The Hall–Kier alpha value is -2.02. The van der Waals surface area contributed by atoms with Crippen molar-refractivity contribution in [2.45, 2.75) is 24.8 Å². The second kappa shape index (κ2) is 3.99. The van der Waals surface area contributed by atoms with Crippen molar-refractivity contribution in [3.05, 3.63) is 34.4 Å². The molecule has 3 aliphatic rings. The minimum atomic E-state index is -1.31. The van der Waals surface area contributed by atoms with E-state index in [1.165, 1.54) is 22.1 Å². The number of carbonyl (C=O) groups excluding carboxylic acids is 2. The average Bonchev–Trinajstić information content (AvgIpc) is 3.07. The second-order valence-corrected chi connectivity index (χ2v) is 5.89. The van der Waals surface area contributed by atoms with Crippen LogP contribution in [-0.2, 0) is 22.6 Å². The number of nitrogens with zero attached hydrogens (tertiary/aromatic N) is 3. The lowest BCUT2D eigenvalue weighted by atomic mass is 10.0. The molecule has 20 heavy (non-hydrogen) atoms. The molecule has 0 bridgehead atoms. The van der Waals surface area contributed by atoms with Crippen LogP contribution in [0.4, 0.5) is 0 Å². The summed E-state index contributed by atoms with van der Waals surface area (Å²) in [5, 5.41) is 12.1. The molecule has 1 amide bonds. The van der Waals surface area contributed by atoms with Gasteiger partial charge in [0, 0.05) is 19.2 Å². The zero-order valence-electron chi connectivity index (χ0n) is 10.4. The number of imidazole rings is 1. The van der Waals surface area contributed by atoms with Crippen LogP contribution >= 0.6 is 11.8 Å². The molecular formula is C13H10N3O3S-. The lowest BCUT2D eigenvalue weighted by Crippen LogP contribution is -2.52. The Labute approximate surface area is 118 Å². The molecule has 6 nitrogen and oxygen atoms in total. The maximum Gasteiger partial charge on any atom is 0.258 e. The summed E-state index contributed by atoms with van der Waals surface area (Å²) in [5.74, 6) is -0.537. The van der Waals surface area contributed by atoms with Gasteiger partial charge in [-0.15, -0.1) is 11.8 Å². The number of rotatable bonds is 2. The van der Waals surface area contributed by atoms with E-state index in [1.807, 2.05) is 6.20 Å². The summed E-state index contributed by atoms with van der Waals surface area (Å²) in [5.41, 5.74) is 1.32. The summed E-state index contributed by atoms with van der Waals surface area (Å²) < 4.78 is 2.10. The lowest BCUT2D eigenvalue weighted by molar-refractivity contribution is -0.301. The summed E-state index contributed by atoms with van der Waals surface area (Å²) >= 11 is 1.31. The number of carbonyl (C=O) groups is 2. The topological polar surface area (TPSA) is 78.3 Å². The average molecular weight is 288 g/mol. The Balaban J connectivity index is 1.61. The smallest absolute Gasteiger partial charge is 0.258 e. The second-order valence-electron chi connectivity index (χ2n) is 4.93. The third-order valence-corrected chi connectivity index (χ3v) is 4.81. The molecule has 1 aromatic rings. The minimum Gasteiger partial charge on any atom is -0.543 e. The third-order valence-electron chi connectivity index (χ3n) is 3.72. The molecule has 4 rings (SSSR count). The van der Waals surface area contributed by atoms with Crippen molar-refractivity contribution in [3.63, 3.8) is 0 Å². The van der Waals surface area contributed by atoms with Crippen LogP contribution in [0, 0.1) is 0 Å². The Bertz CT molecular complexity index is 682. The molecule has 1 unspecified atom stereocenters.